The summed E-state index contributed by atoms with van der Waals surface area (Å²) in [5.41, 5.74) is -0.494. The van der Waals surface area contributed by atoms with Gasteiger partial charge in [-0.05, 0) is 32.6 Å². The fraction of sp³-hybridized carbons (Fsp3) is 0.889. The molecule has 0 saturated heterocycles. The smallest absolute Gasteiger partial charge is 0.407 e. The zero-order valence-electron chi connectivity index (χ0n) is 15.3. The molecule has 0 aliphatic heterocycles. The Kier molecular flexibility index (Phi) is 11.5. The van der Waals surface area contributed by atoms with Crippen LogP contribution in [0.15, 0.2) is 0 Å². The zero-order chi connectivity index (χ0) is 17.7. The summed E-state index contributed by atoms with van der Waals surface area (Å²) in [6.45, 7) is 8.22. The van der Waals surface area contributed by atoms with E-state index in [1.54, 1.807) is 0 Å². The summed E-state index contributed by atoms with van der Waals surface area (Å²) < 4.78 is 5.31. The number of hydrogen-bond donors (Lipinski definition) is 2. The first-order valence-corrected chi connectivity index (χ1v) is 8.99. The molecule has 0 radical (unpaired) electrons. The van der Waals surface area contributed by atoms with E-state index >= 15 is 0 Å². The van der Waals surface area contributed by atoms with E-state index in [-0.39, 0.29) is 12.3 Å². The average Bonchev–Trinajstić information content (AvgIpc) is 2.47. The number of carbonyl (C=O) groups is 2. The van der Waals surface area contributed by atoms with Crippen LogP contribution in [-0.2, 0) is 9.53 Å². The van der Waals surface area contributed by atoms with Crippen LogP contribution < -0.4 is 5.32 Å². The Hall–Kier alpha value is -1.26. The van der Waals surface area contributed by atoms with Gasteiger partial charge >= 0.3 is 12.1 Å². The average molecular weight is 329 g/mol. The number of aliphatic carboxylic acids is 1. The maximum atomic E-state index is 11.8. The molecule has 1 amide bonds. The summed E-state index contributed by atoms with van der Waals surface area (Å²) in [5, 5.41) is 11.7. The number of rotatable bonds is 13. The molecule has 1 atom stereocenters. The summed E-state index contributed by atoms with van der Waals surface area (Å²) in [5.74, 6) is -0.846. The van der Waals surface area contributed by atoms with Gasteiger partial charge in [0.2, 0.25) is 0 Å². The van der Waals surface area contributed by atoms with E-state index in [0.29, 0.717) is 6.54 Å². The van der Waals surface area contributed by atoms with E-state index in [4.69, 9.17) is 9.84 Å². The SMILES string of the molecule is CCCCCCCCC(CNC(=O)OC(C)(C)CC)CC(=O)O. The van der Waals surface area contributed by atoms with Crippen molar-refractivity contribution in [3.05, 3.63) is 0 Å². The highest BCUT2D eigenvalue weighted by Crippen LogP contribution is 2.16. The molecule has 23 heavy (non-hydrogen) atoms. The Balaban J connectivity index is 4.09. The first-order chi connectivity index (χ1) is 10.8. The maximum absolute atomic E-state index is 11.8. The van der Waals surface area contributed by atoms with Crippen LogP contribution in [-0.4, -0.2) is 29.3 Å². The fourth-order valence-corrected chi connectivity index (χ4v) is 2.32. The van der Waals surface area contributed by atoms with Gasteiger partial charge in [0.25, 0.3) is 0 Å². The van der Waals surface area contributed by atoms with Crippen molar-refractivity contribution in [3.63, 3.8) is 0 Å². The lowest BCUT2D eigenvalue weighted by Crippen LogP contribution is -2.36. The molecule has 0 aromatic carbocycles. The number of alkyl carbamates (subject to hydrolysis) is 1. The molecule has 136 valence electrons. The topological polar surface area (TPSA) is 75.6 Å². The van der Waals surface area contributed by atoms with E-state index in [1.165, 1.54) is 25.7 Å². The maximum Gasteiger partial charge on any atom is 0.407 e. The third kappa shape index (κ3) is 12.9. The van der Waals surface area contributed by atoms with Gasteiger partial charge in [-0.1, -0.05) is 52.4 Å². The minimum Gasteiger partial charge on any atom is -0.481 e. The number of carbonyl (C=O) groups excluding carboxylic acids is 1. The third-order valence-electron chi connectivity index (χ3n) is 4.18. The molecule has 5 heteroatoms. The van der Waals surface area contributed by atoms with Crippen molar-refractivity contribution in [2.45, 2.75) is 91.1 Å². The first kappa shape index (κ1) is 21.7. The van der Waals surface area contributed by atoms with Crippen LogP contribution in [0.5, 0.6) is 0 Å². The van der Waals surface area contributed by atoms with Crippen molar-refractivity contribution in [3.8, 4) is 0 Å². The lowest BCUT2D eigenvalue weighted by molar-refractivity contribution is -0.138. The number of amides is 1. The first-order valence-electron chi connectivity index (χ1n) is 8.99. The molecule has 0 aliphatic rings. The summed E-state index contributed by atoms with van der Waals surface area (Å²) >= 11 is 0. The Morgan fingerprint density at radius 1 is 1.09 bits per heavy atom. The van der Waals surface area contributed by atoms with Crippen LogP contribution >= 0.6 is 0 Å². The number of unbranched alkanes of at least 4 members (excludes halogenated alkanes) is 5. The predicted molar refractivity (Wildman–Crippen MR) is 92.6 cm³/mol. The fourth-order valence-electron chi connectivity index (χ4n) is 2.32. The van der Waals surface area contributed by atoms with Gasteiger partial charge in [-0.3, -0.25) is 4.79 Å². The number of hydrogen-bond acceptors (Lipinski definition) is 3. The molecule has 0 aliphatic carbocycles. The predicted octanol–water partition coefficient (Wildman–Crippen LogP) is 4.74. The summed E-state index contributed by atoms with van der Waals surface area (Å²) in [4.78, 5) is 22.7. The second-order valence-corrected chi connectivity index (χ2v) is 6.90. The van der Waals surface area contributed by atoms with E-state index in [2.05, 4.69) is 12.2 Å². The molecule has 0 aromatic rings. The molecule has 0 fully saturated rings. The summed E-state index contributed by atoms with van der Waals surface area (Å²) in [6, 6.07) is 0. The molecule has 0 bridgehead atoms. The summed E-state index contributed by atoms with van der Waals surface area (Å²) in [7, 11) is 0. The van der Waals surface area contributed by atoms with Crippen molar-refractivity contribution < 1.29 is 19.4 Å². The van der Waals surface area contributed by atoms with Crippen molar-refractivity contribution in [1.29, 1.82) is 0 Å². The minimum atomic E-state index is -0.815. The Morgan fingerprint density at radius 2 is 1.70 bits per heavy atom. The van der Waals surface area contributed by atoms with Gasteiger partial charge in [0.15, 0.2) is 0 Å². The Morgan fingerprint density at radius 3 is 2.26 bits per heavy atom. The second-order valence-electron chi connectivity index (χ2n) is 6.90. The molecule has 0 heterocycles. The largest absolute Gasteiger partial charge is 0.481 e. The van der Waals surface area contributed by atoms with Gasteiger partial charge in [0, 0.05) is 13.0 Å². The molecule has 0 saturated carbocycles. The quantitative estimate of drug-likeness (QED) is 0.478. The monoisotopic (exact) mass is 329 g/mol. The standard InChI is InChI=1S/C18H35NO4/c1-5-7-8-9-10-11-12-15(13-16(20)21)14-19-17(22)23-18(3,4)6-2/h15H,5-14H2,1-4H3,(H,19,22)(H,20,21). The second kappa shape index (κ2) is 12.2. The number of carboxylic acids is 1. The highest BCUT2D eigenvalue weighted by molar-refractivity contribution is 5.68. The van der Waals surface area contributed by atoms with Crippen molar-refractivity contribution in [2.24, 2.45) is 5.92 Å². The van der Waals surface area contributed by atoms with E-state index < -0.39 is 17.7 Å². The summed E-state index contributed by atoms with van der Waals surface area (Å²) in [6.07, 6.45) is 8.27. The van der Waals surface area contributed by atoms with E-state index in [1.807, 2.05) is 20.8 Å². The molecule has 1 unspecified atom stereocenters. The van der Waals surface area contributed by atoms with Crippen LogP contribution in [0.4, 0.5) is 4.79 Å². The van der Waals surface area contributed by atoms with Gasteiger partial charge in [-0.25, -0.2) is 4.79 Å². The molecule has 5 nitrogen and oxygen atoms in total. The molecule has 0 rings (SSSR count). The number of carboxylic acid groups (broad SMARTS) is 1. The van der Waals surface area contributed by atoms with Crippen LogP contribution in [0.3, 0.4) is 0 Å². The van der Waals surface area contributed by atoms with Crippen LogP contribution in [0.2, 0.25) is 0 Å². The molecular formula is C18H35NO4. The Labute approximate surface area is 141 Å². The minimum absolute atomic E-state index is 0.0315. The third-order valence-corrected chi connectivity index (χ3v) is 4.18. The highest BCUT2D eigenvalue weighted by atomic mass is 16.6. The van der Waals surface area contributed by atoms with Crippen molar-refractivity contribution in [2.75, 3.05) is 6.54 Å². The Bertz CT molecular complexity index is 342. The van der Waals surface area contributed by atoms with Gasteiger partial charge in [0.1, 0.15) is 5.60 Å². The van der Waals surface area contributed by atoms with Crippen molar-refractivity contribution in [1.82, 2.24) is 5.32 Å². The van der Waals surface area contributed by atoms with Gasteiger partial charge < -0.3 is 15.2 Å². The zero-order valence-corrected chi connectivity index (χ0v) is 15.3. The van der Waals surface area contributed by atoms with Crippen LogP contribution in [0.25, 0.3) is 0 Å². The molecular weight excluding hydrogens is 294 g/mol. The number of ether oxygens (including phenoxy) is 1. The lowest BCUT2D eigenvalue weighted by atomic mass is 9.97. The number of nitrogens with one attached hydrogen (secondary N) is 1. The van der Waals surface area contributed by atoms with Crippen LogP contribution in [0.1, 0.15) is 85.5 Å². The van der Waals surface area contributed by atoms with E-state index in [9.17, 15) is 9.59 Å². The van der Waals surface area contributed by atoms with Gasteiger partial charge in [0.05, 0.1) is 0 Å². The van der Waals surface area contributed by atoms with Crippen LogP contribution in [0, 0.1) is 5.92 Å². The lowest BCUT2D eigenvalue weighted by Gasteiger charge is -2.24. The van der Waals surface area contributed by atoms with Gasteiger partial charge in [-0.2, -0.15) is 0 Å². The molecule has 0 spiro atoms. The molecule has 0 aromatic heterocycles. The van der Waals surface area contributed by atoms with E-state index in [0.717, 1.165) is 25.7 Å². The van der Waals surface area contributed by atoms with Crippen molar-refractivity contribution >= 4 is 12.1 Å². The normalized spacial score (nSPS) is 12.7. The highest BCUT2D eigenvalue weighted by Gasteiger charge is 2.21. The van der Waals surface area contributed by atoms with Gasteiger partial charge in [-0.15, -0.1) is 0 Å². The molecule has 2 N–H and O–H groups in total.